The fourth-order valence-corrected chi connectivity index (χ4v) is 4.11. The second kappa shape index (κ2) is 11.0. The number of rotatable bonds is 9. The number of ether oxygens (including phenoxy) is 1. The maximum atomic E-state index is 12.8. The van der Waals surface area contributed by atoms with E-state index in [9.17, 15) is 4.79 Å². The monoisotopic (exact) mass is 409 g/mol. The Morgan fingerprint density at radius 2 is 1.67 bits per heavy atom. The summed E-state index contributed by atoms with van der Waals surface area (Å²) < 4.78 is 5.78. The molecular weight excluding hydrogens is 374 g/mol. The van der Waals surface area contributed by atoms with Crippen LogP contribution < -0.4 is 15.0 Å². The number of amides is 1. The highest BCUT2D eigenvalue weighted by atomic mass is 16.5. The van der Waals surface area contributed by atoms with E-state index in [0.717, 1.165) is 44.0 Å². The lowest BCUT2D eigenvalue weighted by Gasteiger charge is -2.39. The van der Waals surface area contributed by atoms with Gasteiger partial charge in [-0.2, -0.15) is 0 Å². The Hall–Kier alpha value is -2.53. The molecule has 1 heterocycles. The number of carbonyl (C=O) groups is 1. The Bertz CT molecular complexity index is 788. The standard InChI is InChI=1S/C25H35N3O2/c1-4-21(22-11-7-6-8-12-22)19-26-25(29)20(3)27-15-17-28(18-16-27)23-13-9-10-14-24(23)30-5-2/h6-14,20-21H,4-5,15-19H2,1-3H3,(H,26,29)/t20-,21-/m0/s1. The molecule has 3 rings (SSSR count). The average molecular weight is 410 g/mol. The van der Waals surface area contributed by atoms with E-state index in [2.05, 4.69) is 58.4 Å². The predicted octanol–water partition coefficient (Wildman–Crippen LogP) is 3.91. The molecule has 2 aromatic carbocycles. The Balaban J connectivity index is 1.51. The summed E-state index contributed by atoms with van der Waals surface area (Å²) in [5, 5.41) is 3.18. The van der Waals surface area contributed by atoms with Gasteiger partial charge in [-0.3, -0.25) is 9.69 Å². The summed E-state index contributed by atoms with van der Waals surface area (Å²) in [6.07, 6.45) is 1.01. The van der Waals surface area contributed by atoms with E-state index in [-0.39, 0.29) is 11.9 Å². The SMILES string of the molecule is CCOc1ccccc1N1CCN([C@@H](C)C(=O)NC[C@H](CC)c2ccccc2)CC1. The molecule has 5 heteroatoms. The number of piperazine rings is 1. The van der Waals surface area contributed by atoms with Crippen LogP contribution in [0.5, 0.6) is 5.75 Å². The van der Waals surface area contributed by atoms with E-state index < -0.39 is 0 Å². The summed E-state index contributed by atoms with van der Waals surface area (Å²) in [5.74, 6) is 1.41. The van der Waals surface area contributed by atoms with Crippen LogP contribution in [0.3, 0.4) is 0 Å². The third-order valence-corrected chi connectivity index (χ3v) is 6.03. The predicted molar refractivity (Wildman–Crippen MR) is 123 cm³/mol. The zero-order valence-corrected chi connectivity index (χ0v) is 18.5. The van der Waals surface area contributed by atoms with Gasteiger partial charge >= 0.3 is 0 Å². The Morgan fingerprint density at radius 3 is 2.33 bits per heavy atom. The summed E-state index contributed by atoms with van der Waals surface area (Å²) in [5.41, 5.74) is 2.43. The van der Waals surface area contributed by atoms with Gasteiger partial charge in [0, 0.05) is 38.6 Å². The molecule has 0 aromatic heterocycles. The highest BCUT2D eigenvalue weighted by molar-refractivity contribution is 5.81. The molecule has 0 bridgehead atoms. The summed E-state index contributed by atoms with van der Waals surface area (Å²) in [6.45, 7) is 11.1. The normalized spacial score (nSPS) is 16.7. The molecule has 1 fully saturated rings. The van der Waals surface area contributed by atoms with E-state index in [1.165, 1.54) is 5.56 Å². The summed E-state index contributed by atoms with van der Waals surface area (Å²) >= 11 is 0. The number of carbonyl (C=O) groups excluding carboxylic acids is 1. The minimum absolute atomic E-state index is 0.118. The number of nitrogens with one attached hydrogen (secondary N) is 1. The molecule has 0 saturated carbocycles. The van der Waals surface area contributed by atoms with Crippen molar-refractivity contribution >= 4 is 11.6 Å². The van der Waals surface area contributed by atoms with Gasteiger partial charge in [-0.25, -0.2) is 0 Å². The van der Waals surface area contributed by atoms with Crippen molar-refractivity contribution in [1.29, 1.82) is 0 Å². The minimum atomic E-state index is -0.123. The van der Waals surface area contributed by atoms with E-state index in [0.29, 0.717) is 19.1 Å². The molecule has 0 unspecified atom stereocenters. The maximum absolute atomic E-state index is 12.8. The number of anilines is 1. The fourth-order valence-electron chi connectivity index (χ4n) is 4.11. The van der Waals surface area contributed by atoms with Gasteiger partial charge in [0.05, 0.1) is 18.3 Å². The van der Waals surface area contributed by atoms with E-state index in [4.69, 9.17) is 4.74 Å². The molecule has 5 nitrogen and oxygen atoms in total. The topological polar surface area (TPSA) is 44.8 Å². The zero-order valence-electron chi connectivity index (χ0n) is 18.5. The molecule has 162 valence electrons. The van der Waals surface area contributed by atoms with Crippen LogP contribution in [0.1, 0.15) is 38.7 Å². The van der Waals surface area contributed by atoms with Crippen molar-refractivity contribution < 1.29 is 9.53 Å². The van der Waals surface area contributed by atoms with E-state index in [1.807, 2.05) is 32.0 Å². The molecule has 1 aliphatic rings. The molecule has 1 saturated heterocycles. The lowest BCUT2D eigenvalue weighted by atomic mass is 9.96. The first-order valence-corrected chi connectivity index (χ1v) is 11.2. The third-order valence-electron chi connectivity index (χ3n) is 6.03. The largest absolute Gasteiger partial charge is 0.492 e. The van der Waals surface area contributed by atoms with Crippen LogP contribution in [-0.2, 0) is 4.79 Å². The Labute approximate surface area is 181 Å². The number of hydrogen-bond donors (Lipinski definition) is 1. The smallest absolute Gasteiger partial charge is 0.237 e. The van der Waals surface area contributed by atoms with Gasteiger partial charge in [0.1, 0.15) is 5.75 Å². The molecule has 0 aliphatic carbocycles. The first-order chi connectivity index (χ1) is 14.6. The maximum Gasteiger partial charge on any atom is 0.237 e. The molecule has 0 spiro atoms. The van der Waals surface area contributed by atoms with Crippen molar-refractivity contribution in [1.82, 2.24) is 10.2 Å². The van der Waals surface area contributed by atoms with Gasteiger partial charge in [0.25, 0.3) is 0 Å². The van der Waals surface area contributed by atoms with Crippen LogP contribution in [0.4, 0.5) is 5.69 Å². The fraction of sp³-hybridized carbons (Fsp3) is 0.480. The minimum Gasteiger partial charge on any atom is -0.492 e. The van der Waals surface area contributed by atoms with Gasteiger partial charge in [0.2, 0.25) is 5.91 Å². The first-order valence-electron chi connectivity index (χ1n) is 11.2. The molecule has 0 radical (unpaired) electrons. The summed E-state index contributed by atoms with van der Waals surface area (Å²) in [6, 6.07) is 18.5. The van der Waals surface area contributed by atoms with Crippen LogP contribution in [-0.4, -0.2) is 56.2 Å². The second-order valence-corrected chi connectivity index (χ2v) is 7.86. The Morgan fingerprint density at radius 1 is 1.00 bits per heavy atom. The molecule has 2 atom stereocenters. The number of benzene rings is 2. The van der Waals surface area contributed by atoms with Crippen LogP contribution in [0, 0.1) is 0 Å². The number of nitrogens with zero attached hydrogens (tertiary/aromatic N) is 2. The third kappa shape index (κ3) is 5.54. The number of para-hydroxylation sites is 2. The van der Waals surface area contributed by atoms with Gasteiger partial charge in [0.15, 0.2) is 0 Å². The highest BCUT2D eigenvalue weighted by Crippen LogP contribution is 2.29. The lowest BCUT2D eigenvalue weighted by Crippen LogP contribution is -2.54. The molecular formula is C25H35N3O2. The van der Waals surface area contributed by atoms with Gasteiger partial charge in [-0.15, -0.1) is 0 Å². The van der Waals surface area contributed by atoms with Crippen molar-refractivity contribution in [3.8, 4) is 5.75 Å². The van der Waals surface area contributed by atoms with Crippen molar-refractivity contribution in [3.63, 3.8) is 0 Å². The second-order valence-electron chi connectivity index (χ2n) is 7.86. The summed E-state index contributed by atoms with van der Waals surface area (Å²) in [4.78, 5) is 17.4. The van der Waals surface area contributed by atoms with Crippen LogP contribution in [0.25, 0.3) is 0 Å². The van der Waals surface area contributed by atoms with Crippen molar-refractivity contribution in [3.05, 3.63) is 60.2 Å². The average Bonchev–Trinajstić information content (AvgIpc) is 2.80. The van der Waals surface area contributed by atoms with Crippen LogP contribution in [0.15, 0.2) is 54.6 Å². The number of hydrogen-bond acceptors (Lipinski definition) is 4. The highest BCUT2D eigenvalue weighted by Gasteiger charge is 2.27. The zero-order chi connectivity index (χ0) is 21.3. The molecule has 30 heavy (non-hydrogen) atoms. The summed E-state index contributed by atoms with van der Waals surface area (Å²) in [7, 11) is 0. The van der Waals surface area contributed by atoms with Crippen molar-refractivity contribution in [2.45, 2.75) is 39.2 Å². The molecule has 2 aromatic rings. The van der Waals surface area contributed by atoms with Crippen molar-refractivity contribution in [2.24, 2.45) is 0 Å². The van der Waals surface area contributed by atoms with Crippen LogP contribution in [0.2, 0.25) is 0 Å². The molecule has 1 N–H and O–H groups in total. The van der Waals surface area contributed by atoms with E-state index in [1.54, 1.807) is 0 Å². The molecule has 1 aliphatic heterocycles. The van der Waals surface area contributed by atoms with E-state index >= 15 is 0 Å². The van der Waals surface area contributed by atoms with Gasteiger partial charge in [-0.05, 0) is 38.0 Å². The van der Waals surface area contributed by atoms with Crippen LogP contribution >= 0.6 is 0 Å². The van der Waals surface area contributed by atoms with Gasteiger partial charge in [-0.1, -0.05) is 49.4 Å². The quantitative estimate of drug-likeness (QED) is 0.682. The first kappa shape index (κ1) is 22.2. The molecule has 1 amide bonds. The van der Waals surface area contributed by atoms with Gasteiger partial charge < -0.3 is 15.0 Å². The lowest BCUT2D eigenvalue weighted by molar-refractivity contribution is -0.126. The van der Waals surface area contributed by atoms with Crippen molar-refractivity contribution in [2.75, 3.05) is 44.2 Å². The Kier molecular flexibility index (Phi) is 8.14.